The third-order valence-corrected chi connectivity index (χ3v) is 5.61. The summed E-state index contributed by atoms with van der Waals surface area (Å²) in [6, 6.07) is 14.8. The van der Waals surface area contributed by atoms with Gasteiger partial charge in [-0.2, -0.15) is 0 Å². The summed E-state index contributed by atoms with van der Waals surface area (Å²) < 4.78 is 27.2. The van der Waals surface area contributed by atoms with Crippen molar-refractivity contribution >= 4 is 50.3 Å². The van der Waals surface area contributed by atoms with Crippen molar-refractivity contribution < 1.29 is 13.2 Å². The number of rotatable bonds is 7. The Labute approximate surface area is 161 Å². The van der Waals surface area contributed by atoms with Crippen molar-refractivity contribution in [2.45, 2.75) is 13.3 Å². The molecule has 2 aromatic carbocycles. The highest BCUT2D eigenvalue weighted by atomic mass is 127. The minimum atomic E-state index is -3.57. The van der Waals surface area contributed by atoms with Crippen LogP contribution in [0.2, 0.25) is 0 Å². The molecule has 0 unspecified atom stereocenters. The molecule has 0 aliphatic rings. The van der Waals surface area contributed by atoms with Crippen LogP contribution in [0, 0.1) is 10.5 Å². The molecule has 0 atom stereocenters. The van der Waals surface area contributed by atoms with Crippen molar-refractivity contribution in [3.63, 3.8) is 0 Å². The number of hydrogen-bond donors (Lipinski definition) is 2. The van der Waals surface area contributed by atoms with E-state index in [1.54, 1.807) is 0 Å². The van der Waals surface area contributed by atoms with Crippen molar-refractivity contribution in [1.29, 1.82) is 0 Å². The zero-order valence-electron chi connectivity index (χ0n) is 13.7. The average molecular weight is 470 g/mol. The maximum atomic E-state index is 11.9. The fraction of sp³-hybridized carbons (Fsp3) is 0.167. The highest BCUT2D eigenvalue weighted by Gasteiger charge is 2.08. The van der Waals surface area contributed by atoms with E-state index in [4.69, 9.17) is 0 Å². The molecule has 2 rings (SSSR count). The highest BCUT2D eigenvalue weighted by molar-refractivity contribution is 14.1. The fourth-order valence-electron chi connectivity index (χ4n) is 1.98. The summed E-state index contributed by atoms with van der Waals surface area (Å²) in [7, 11) is -3.57. The number of benzene rings is 2. The molecule has 0 radical (unpaired) electrons. The Hall–Kier alpha value is -1.71. The van der Waals surface area contributed by atoms with Gasteiger partial charge in [-0.1, -0.05) is 36.4 Å². The number of nitrogens with one attached hydrogen (secondary N) is 2. The van der Waals surface area contributed by atoms with Gasteiger partial charge in [-0.15, -0.1) is 0 Å². The Morgan fingerprint density at radius 2 is 1.88 bits per heavy atom. The molecular formula is C18H19IN2O3S. The van der Waals surface area contributed by atoms with Crippen molar-refractivity contribution in [1.82, 2.24) is 4.72 Å². The largest absolute Gasteiger partial charge is 0.326 e. The lowest BCUT2D eigenvalue weighted by Crippen LogP contribution is -2.26. The Bertz CT molecular complexity index is 865. The summed E-state index contributed by atoms with van der Waals surface area (Å²) in [4.78, 5) is 11.9. The van der Waals surface area contributed by atoms with Gasteiger partial charge in [-0.3, -0.25) is 4.79 Å². The summed E-state index contributed by atoms with van der Waals surface area (Å²) in [5, 5.41) is 3.86. The van der Waals surface area contributed by atoms with Crippen molar-refractivity contribution in [3.05, 3.63) is 68.6 Å². The van der Waals surface area contributed by atoms with Gasteiger partial charge in [0.25, 0.3) is 0 Å². The number of hydrogen-bond acceptors (Lipinski definition) is 3. The molecule has 0 heterocycles. The van der Waals surface area contributed by atoms with Gasteiger partial charge in [-0.25, -0.2) is 13.1 Å². The van der Waals surface area contributed by atoms with E-state index in [1.807, 2.05) is 55.5 Å². The third kappa shape index (κ3) is 6.97. The van der Waals surface area contributed by atoms with Crippen LogP contribution in [0.15, 0.2) is 53.9 Å². The van der Waals surface area contributed by atoms with E-state index in [0.29, 0.717) is 5.69 Å². The average Bonchev–Trinajstić information content (AvgIpc) is 2.57. The van der Waals surface area contributed by atoms with Crippen LogP contribution in [-0.2, 0) is 14.8 Å². The van der Waals surface area contributed by atoms with E-state index < -0.39 is 10.0 Å². The van der Waals surface area contributed by atoms with E-state index in [2.05, 4.69) is 32.6 Å². The van der Waals surface area contributed by atoms with Gasteiger partial charge in [0.15, 0.2) is 0 Å². The molecule has 2 aromatic rings. The van der Waals surface area contributed by atoms with Crippen LogP contribution < -0.4 is 10.0 Å². The van der Waals surface area contributed by atoms with Crippen molar-refractivity contribution in [2.75, 3.05) is 11.9 Å². The van der Waals surface area contributed by atoms with Crippen LogP contribution in [0.5, 0.6) is 0 Å². The minimum Gasteiger partial charge on any atom is -0.326 e. The first-order valence-corrected chi connectivity index (χ1v) is 10.3. The first-order chi connectivity index (χ1) is 11.9. The predicted octanol–water partition coefficient (Wildman–Crippen LogP) is 3.52. The summed E-state index contributed by atoms with van der Waals surface area (Å²) in [5.41, 5.74) is 2.63. The summed E-state index contributed by atoms with van der Waals surface area (Å²) in [6.07, 6.45) is 1.57. The molecule has 1 amide bonds. The number of halogens is 1. The number of aryl methyl sites for hydroxylation is 1. The standard InChI is InChI=1S/C18H19IN2O3S/c1-14-7-8-16(13-17(14)19)21-18(22)9-11-20-25(23,24)12-10-15-5-3-2-4-6-15/h2-8,10,12-13,20H,9,11H2,1H3,(H,21,22)/b12-10+. The van der Waals surface area contributed by atoms with E-state index >= 15 is 0 Å². The maximum absolute atomic E-state index is 11.9. The maximum Gasteiger partial charge on any atom is 0.233 e. The SMILES string of the molecule is Cc1ccc(NC(=O)CCNS(=O)(=O)/C=C/c2ccccc2)cc1I. The molecule has 0 aliphatic carbocycles. The van der Waals surface area contributed by atoms with Crippen LogP contribution >= 0.6 is 22.6 Å². The van der Waals surface area contributed by atoms with E-state index in [1.165, 1.54) is 6.08 Å². The molecule has 2 N–H and O–H groups in total. The number of carbonyl (C=O) groups is 1. The smallest absolute Gasteiger partial charge is 0.233 e. The third-order valence-electron chi connectivity index (χ3n) is 3.35. The second-order valence-corrected chi connectivity index (χ2v) is 8.23. The molecule has 132 valence electrons. The molecule has 0 aromatic heterocycles. The molecule has 7 heteroatoms. The van der Waals surface area contributed by atoms with Crippen LogP contribution in [0.4, 0.5) is 5.69 Å². The molecule has 0 saturated carbocycles. The molecule has 0 saturated heterocycles. The quantitative estimate of drug-likeness (QED) is 0.609. The summed E-state index contributed by atoms with van der Waals surface area (Å²) in [5.74, 6) is -0.241. The second kappa shape index (κ2) is 9.12. The lowest BCUT2D eigenvalue weighted by atomic mass is 10.2. The number of carbonyl (C=O) groups excluding carboxylic acids is 1. The molecule has 0 aliphatic heterocycles. The van der Waals surface area contributed by atoms with E-state index in [-0.39, 0.29) is 18.9 Å². The van der Waals surface area contributed by atoms with Gasteiger partial charge in [0.2, 0.25) is 15.9 Å². The van der Waals surface area contributed by atoms with Crippen LogP contribution in [0.1, 0.15) is 17.5 Å². The molecule has 0 bridgehead atoms. The van der Waals surface area contributed by atoms with Crippen LogP contribution in [0.25, 0.3) is 6.08 Å². The normalized spacial score (nSPS) is 11.6. The Balaban J connectivity index is 1.81. The Morgan fingerprint density at radius 1 is 1.16 bits per heavy atom. The predicted molar refractivity (Wildman–Crippen MR) is 110 cm³/mol. The lowest BCUT2D eigenvalue weighted by molar-refractivity contribution is -0.116. The van der Waals surface area contributed by atoms with Crippen molar-refractivity contribution in [3.8, 4) is 0 Å². The zero-order valence-corrected chi connectivity index (χ0v) is 16.7. The van der Waals surface area contributed by atoms with Gasteiger partial charge < -0.3 is 5.32 Å². The topological polar surface area (TPSA) is 75.3 Å². The highest BCUT2D eigenvalue weighted by Crippen LogP contribution is 2.17. The van der Waals surface area contributed by atoms with Crippen molar-refractivity contribution in [2.24, 2.45) is 0 Å². The number of sulfonamides is 1. The monoisotopic (exact) mass is 470 g/mol. The van der Waals surface area contributed by atoms with Crippen LogP contribution in [0.3, 0.4) is 0 Å². The molecule has 25 heavy (non-hydrogen) atoms. The second-order valence-electron chi connectivity index (χ2n) is 5.41. The molecule has 0 spiro atoms. The number of anilines is 1. The van der Waals surface area contributed by atoms with Gasteiger partial charge in [-0.05, 0) is 58.9 Å². The molecular weight excluding hydrogens is 451 g/mol. The zero-order chi connectivity index (χ0) is 18.3. The Kier molecular flexibility index (Phi) is 7.15. The van der Waals surface area contributed by atoms with E-state index in [0.717, 1.165) is 20.1 Å². The summed E-state index contributed by atoms with van der Waals surface area (Å²) >= 11 is 2.20. The first-order valence-electron chi connectivity index (χ1n) is 7.64. The fourth-order valence-corrected chi connectivity index (χ4v) is 3.32. The lowest BCUT2D eigenvalue weighted by Gasteiger charge is -2.07. The first kappa shape index (κ1) is 19.6. The Morgan fingerprint density at radius 3 is 2.56 bits per heavy atom. The van der Waals surface area contributed by atoms with E-state index in [9.17, 15) is 13.2 Å². The van der Waals surface area contributed by atoms with Gasteiger partial charge in [0.1, 0.15) is 0 Å². The molecule has 0 fully saturated rings. The minimum absolute atomic E-state index is 0.0379. The molecule has 5 nitrogen and oxygen atoms in total. The number of amides is 1. The van der Waals surface area contributed by atoms with Gasteiger partial charge >= 0.3 is 0 Å². The van der Waals surface area contributed by atoms with Gasteiger partial charge in [0, 0.05) is 27.6 Å². The van der Waals surface area contributed by atoms with Crippen LogP contribution in [-0.4, -0.2) is 20.9 Å². The summed E-state index contributed by atoms with van der Waals surface area (Å²) in [6.45, 7) is 2.03. The van der Waals surface area contributed by atoms with Gasteiger partial charge in [0.05, 0.1) is 0 Å².